The van der Waals surface area contributed by atoms with Crippen LogP contribution in [0.4, 0.5) is 11.5 Å². The van der Waals surface area contributed by atoms with Crippen molar-refractivity contribution in [2.75, 3.05) is 50.5 Å². The van der Waals surface area contributed by atoms with Crippen LogP contribution in [0.3, 0.4) is 0 Å². The zero-order chi connectivity index (χ0) is 52.1. The summed E-state index contributed by atoms with van der Waals surface area (Å²) in [6.45, 7) is 11.8. The monoisotopic (exact) mass is 996 g/mol. The number of thiazole rings is 1. The molecule has 1 aromatic carbocycles. The molecule has 1 aliphatic heterocycles. The molecule has 0 saturated carbocycles. The van der Waals surface area contributed by atoms with Gasteiger partial charge in [-0.05, 0) is 95.5 Å². The van der Waals surface area contributed by atoms with Crippen molar-refractivity contribution in [3.8, 4) is 12.3 Å². The number of benzene rings is 1. The quantitative estimate of drug-likeness (QED) is 0.0209. The molecule has 0 bridgehead atoms. The fourth-order valence-corrected chi connectivity index (χ4v) is 8.60. The van der Waals surface area contributed by atoms with E-state index in [-0.39, 0.29) is 69.3 Å². The number of aliphatic carboxylic acids is 1. The predicted octanol–water partition coefficient (Wildman–Crippen LogP) is 3.98. The van der Waals surface area contributed by atoms with Gasteiger partial charge in [-0.15, -0.1) is 23.7 Å². The first-order valence-corrected chi connectivity index (χ1v) is 24.7. The number of nitrogens with two attached hydrogens (primary N) is 1. The number of terminal acetylenes is 1. The second-order valence-electron chi connectivity index (χ2n) is 18.7. The molecular weight excluding hydrogens is 923 g/mol. The molecule has 1 aromatic heterocycles. The van der Waals surface area contributed by atoms with E-state index in [9.17, 15) is 43.5 Å². The van der Waals surface area contributed by atoms with E-state index in [0.29, 0.717) is 35.5 Å². The maximum absolute atomic E-state index is 14.8. The minimum atomic E-state index is -1.31. The number of hydroxylamine groups is 2. The molecule has 1 aliphatic rings. The number of aromatic nitrogens is 1. The fourth-order valence-electron chi connectivity index (χ4n) is 7.80. The lowest BCUT2D eigenvalue weighted by Crippen LogP contribution is -2.55. The number of hydrogen-bond acceptors (Lipinski definition) is 14. The maximum Gasteiger partial charge on any atom is 0.309 e. The van der Waals surface area contributed by atoms with E-state index in [1.807, 2.05) is 34.7 Å². The number of nitrogens with zero attached hydrogens (tertiary/aromatic N) is 3. The summed E-state index contributed by atoms with van der Waals surface area (Å²) in [5.41, 5.74) is 4.96. The standard InChI is InChI=1S/C49H73N9O11S/c1-10-12-15-22-68-58(47(65)43(31(5)11-2)45(64)56-39-16-13-14-21-57(39)9)36(30(3)4)24-37(69-32(6)59)46-55-38(29-70-46)54-44(63)34(25-49(7,8)48(66)67)23-33-17-19-35(20-18-33)53-42(62)28-52-41(61)27-51-40(60)26-50/h1,17-20,29-31,34,36-37,39,43H,11-16,21-28,50H2,2-9H3,(H,51,60)(H,52,61)(H,53,62)(H,54,63)(H,56,64)(H,66,67)/t31-,34-,36+,37+,39+,43-/m0/s1. The number of amides is 6. The number of anilines is 2. The molecule has 0 radical (unpaired) electrons. The van der Waals surface area contributed by atoms with Crippen LogP contribution in [0.2, 0.25) is 0 Å². The summed E-state index contributed by atoms with van der Waals surface area (Å²) in [4.78, 5) is 117. The Labute approximate surface area is 415 Å². The van der Waals surface area contributed by atoms with Crippen molar-refractivity contribution >= 4 is 70.2 Å². The molecule has 21 heteroatoms. The van der Waals surface area contributed by atoms with E-state index in [2.05, 4.69) is 42.4 Å². The van der Waals surface area contributed by atoms with E-state index in [4.69, 9.17) is 21.7 Å². The molecule has 1 saturated heterocycles. The molecular formula is C49H73N9O11S. The number of carboxylic acid groups (broad SMARTS) is 1. The molecule has 0 aliphatic carbocycles. The van der Waals surface area contributed by atoms with Crippen molar-refractivity contribution in [3.05, 3.63) is 40.2 Å². The van der Waals surface area contributed by atoms with Gasteiger partial charge in [-0.3, -0.25) is 48.1 Å². The Kier molecular flexibility index (Phi) is 23.9. The van der Waals surface area contributed by atoms with Crippen molar-refractivity contribution in [1.29, 1.82) is 0 Å². The van der Waals surface area contributed by atoms with Crippen LogP contribution in [-0.2, 0) is 54.4 Å². The van der Waals surface area contributed by atoms with E-state index in [0.717, 1.165) is 37.1 Å². The Morgan fingerprint density at radius 2 is 1.67 bits per heavy atom. The second kappa shape index (κ2) is 28.6. The highest BCUT2D eigenvalue weighted by Crippen LogP contribution is 2.35. The molecule has 0 unspecified atom stereocenters. The Morgan fingerprint density at radius 1 is 1.00 bits per heavy atom. The Hall–Kier alpha value is -5.95. The number of carbonyl (C=O) groups excluding carboxylic acids is 7. The first kappa shape index (κ1) is 58.4. The predicted molar refractivity (Wildman–Crippen MR) is 264 cm³/mol. The number of nitrogens with one attached hydrogen (secondary N) is 5. The number of carboxylic acids is 1. The number of esters is 1. The minimum Gasteiger partial charge on any atom is -0.481 e. The lowest BCUT2D eigenvalue weighted by molar-refractivity contribution is -0.215. The third-order valence-electron chi connectivity index (χ3n) is 12.1. The number of ether oxygens (including phenoxy) is 1. The highest BCUT2D eigenvalue weighted by Gasteiger charge is 2.42. The molecule has 2 heterocycles. The zero-order valence-corrected chi connectivity index (χ0v) is 42.6. The summed E-state index contributed by atoms with van der Waals surface area (Å²) in [6.07, 6.45) is 8.48. The summed E-state index contributed by atoms with van der Waals surface area (Å²) in [7, 11) is 1.95. The van der Waals surface area contributed by atoms with Crippen molar-refractivity contribution in [1.82, 2.24) is 30.9 Å². The lowest BCUT2D eigenvalue weighted by atomic mass is 9.80. The normalized spacial score (nSPS) is 16.0. The minimum absolute atomic E-state index is 0.0224. The van der Waals surface area contributed by atoms with Crippen LogP contribution in [0.5, 0.6) is 0 Å². The SMILES string of the molecule is C#CCCCON(C(=O)[C@H](C(=O)N[C@H]1CCCCN1C)[C@@H](C)CC)[C@H](C[C@@H](OC(C)=O)c1nc(NC(=O)[C@@H](Cc2ccc(NC(=O)CNC(=O)CNC(=O)CN)cc2)CC(C)(C)C(=O)O)cs1)C(C)C. The number of unbranched alkanes of at least 4 members (excludes halogenated alkanes) is 1. The topological polar surface area (TPSA) is 281 Å². The van der Waals surface area contributed by atoms with Gasteiger partial charge in [0.1, 0.15) is 16.7 Å². The molecule has 386 valence electrons. The van der Waals surface area contributed by atoms with Gasteiger partial charge < -0.3 is 42.2 Å². The molecule has 6 amide bonds. The molecule has 1 fully saturated rings. The summed E-state index contributed by atoms with van der Waals surface area (Å²) in [6, 6.07) is 5.84. The van der Waals surface area contributed by atoms with Crippen LogP contribution in [0, 0.1) is 41.4 Å². The van der Waals surface area contributed by atoms with Gasteiger partial charge in [-0.1, -0.05) is 46.2 Å². The Bertz CT molecular complexity index is 2140. The second-order valence-corrected chi connectivity index (χ2v) is 19.6. The first-order chi connectivity index (χ1) is 33.1. The van der Waals surface area contributed by atoms with Gasteiger partial charge in [-0.2, -0.15) is 0 Å². The van der Waals surface area contributed by atoms with Gasteiger partial charge in [0.15, 0.2) is 6.10 Å². The summed E-state index contributed by atoms with van der Waals surface area (Å²) >= 11 is 1.12. The Morgan fingerprint density at radius 3 is 2.27 bits per heavy atom. The third kappa shape index (κ3) is 18.8. The zero-order valence-electron chi connectivity index (χ0n) is 41.8. The van der Waals surface area contributed by atoms with Crippen molar-refractivity contribution in [3.63, 3.8) is 0 Å². The van der Waals surface area contributed by atoms with Gasteiger partial charge in [0.25, 0.3) is 5.91 Å². The maximum atomic E-state index is 14.8. The molecule has 0 spiro atoms. The number of carbonyl (C=O) groups is 8. The highest BCUT2D eigenvalue weighted by atomic mass is 32.1. The highest BCUT2D eigenvalue weighted by molar-refractivity contribution is 7.10. The number of hydrogen-bond donors (Lipinski definition) is 7. The average Bonchev–Trinajstić information content (AvgIpc) is 3.78. The van der Waals surface area contributed by atoms with E-state index < -0.39 is 76.8 Å². The van der Waals surface area contributed by atoms with Gasteiger partial charge >= 0.3 is 11.9 Å². The van der Waals surface area contributed by atoms with Gasteiger partial charge in [0.05, 0.1) is 43.9 Å². The van der Waals surface area contributed by atoms with Crippen LogP contribution in [0.1, 0.15) is 117 Å². The molecule has 6 atom stereocenters. The summed E-state index contributed by atoms with van der Waals surface area (Å²) in [5, 5.41) is 26.5. The van der Waals surface area contributed by atoms with E-state index in [1.165, 1.54) is 25.8 Å². The molecule has 2 aromatic rings. The van der Waals surface area contributed by atoms with E-state index >= 15 is 0 Å². The summed E-state index contributed by atoms with van der Waals surface area (Å²) < 4.78 is 5.86. The van der Waals surface area contributed by atoms with Crippen molar-refractivity contribution in [2.24, 2.45) is 34.8 Å². The van der Waals surface area contributed by atoms with Crippen LogP contribution >= 0.6 is 11.3 Å². The van der Waals surface area contributed by atoms with Crippen LogP contribution in [0.15, 0.2) is 29.6 Å². The van der Waals surface area contributed by atoms with Crippen molar-refractivity contribution < 1.29 is 53.0 Å². The molecule has 8 N–H and O–H groups in total. The van der Waals surface area contributed by atoms with Crippen LogP contribution < -0.4 is 32.3 Å². The number of likely N-dealkylation sites (tertiary alicyclic amines) is 1. The lowest BCUT2D eigenvalue weighted by Gasteiger charge is -2.38. The largest absolute Gasteiger partial charge is 0.481 e. The molecule has 70 heavy (non-hydrogen) atoms. The van der Waals surface area contributed by atoms with Crippen LogP contribution in [-0.4, -0.2) is 119 Å². The first-order valence-electron chi connectivity index (χ1n) is 23.8. The van der Waals surface area contributed by atoms with Gasteiger partial charge in [-0.25, -0.2) is 10.0 Å². The fraction of sp³-hybridized carbons (Fsp3) is 0.612. The number of rotatable bonds is 28. The van der Waals surface area contributed by atoms with Gasteiger partial charge in [0, 0.05) is 36.8 Å². The third-order valence-corrected chi connectivity index (χ3v) is 13.1. The van der Waals surface area contributed by atoms with Crippen molar-refractivity contribution in [2.45, 2.75) is 125 Å². The van der Waals surface area contributed by atoms with Gasteiger partial charge in [0.2, 0.25) is 29.5 Å². The average molecular weight is 996 g/mol. The Balaban J connectivity index is 1.87. The molecule has 20 nitrogen and oxygen atoms in total. The summed E-state index contributed by atoms with van der Waals surface area (Å²) in [5.74, 6) is -4.66. The van der Waals surface area contributed by atoms with E-state index in [1.54, 1.807) is 29.6 Å². The smallest absolute Gasteiger partial charge is 0.309 e. The van der Waals surface area contributed by atoms with Crippen LogP contribution in [0.25, 0.3) is 0 Å². The molecule has 3 rings (SSSR count). The number of piperidine rings is 1.